The highest BCUT2D eigenvalue weighted by atomic mass is 32.1. The summed E-state index contributed by atoms with van der Waals surface area (Å²) in [5.41, 5.74) is 5.11. The second-order valence-electron chi connectivity index (χ2n) is 5.81. The van der Waals surface area contributed by atoms with Gasteiger partial charge in [0.25, 0.3) is 5.91 Å². The third-order valence-corrected chi connectivity index (χ3v) is 4.51. The number of benzene rings is 2. The van der Waals surface area contributed by atoms with Gasteiger partial charge in [0.2, 0.25) is 5.88 Å². The molecule has 2 aromatic carbocycles. The van der Waals surface area contributed by atoms with Crippen molar-refractivity contribution in [1.82, 2.24) is 4.37 Å². The Morgan fingerprint density at radius 1 is 1.17 bits per heavy atom. The van der Waals surface area contributed by atoms with Crippen molar-refractivity contribution >= 4 is 28.5 Å². The summed E-state index contributed by atoms with van der Waals surface area (Å²) < 4.78 is 41.9. The zero-order chi connectivity index (χ0) is 21.0. The maximum atomic E-state index is 13.9. The van der Waals surface area contributed by atoms with E-state index in [1.165, 1.54) is 6.92 Å². The molecular weight excluding hydrogens is 404 g/mol. The number of amides is 2. The Morgan fingerprint density at radius 2 is 1.90 bits per heavy atom. The lowest BCUT2D eigenvalue weighted by atomic mass is 10.1. The summed E-state index contributed by atoms with van der Waals surface area (Å²) in [6, 6.07) is 11.2. The normalized spacial score (nSPS) is 11.6. The topological polar surface area (TPSA) is 104 Å². The van der Waals surface area contributed by atoms with Crippen LogP contribution in [0.25, 0.3) is 0 Å². The minimum Gasteiger partial charge on any atom is -0.468 e. The molecule has 3 aromatic rings. The average Bonchev–Trinajstić information content (AvgIpc) is 3.06. The number of ether oxygens (including phenoxy) is 2. The molecule has 3 N–H and O–H groups in total. The molecule has 1 unspecified atom stereocenters. The summed E-state index contributed by atoms with van der Waals surface area (Å²) in [5.74, 6) is -2.16. The average molecular weight is 419 g/mol. The molecule has 0 fully saturated rings. The molecule has 0 spiro atoms. The quantitative estimate of drug-likeness (QED) is 0.621. The van der Waals surface area contributed by atoms with E-state index >= 15 is 0 Å². The first-order valence-corrected chi connectivity index (χ1v) is 9.07. The lowest BCUT2D eigenvalue weighted by molar-refractivity contribution is 0.0994. The van der Waals surface area contributed by atoms with Crippen molar-refractivity contribution in [3.63, 3.8) is 0 Å². The molecule has 10 heteroatoms. The fourth-order valence-electron chi connectivity index (χ4n) is 2.43. The van der Waals surface area contributed by atoms with Gasteiger partial charge in [0.05, 0.1) is 0 Å². The molecule has 0 bridgehead atoms. The van der Waals surface area contributed by atoms with Crippen LogP contribution in [0.4, 0.5) is 18.6 Å². The number of anilines is 1. The van der Waals surface area contributed by atoms with Crippen LogP contribution in [0, 0.1) is 11.6 Å². The van der Waals surface area contributed by atoms with Crippen LogP contribution in [-0.4, -0.2) is 16.4 Å². The predicted molar refractivity (Wildman–Crippen MR) is 102 cm³/mol. The molecule has 0 aliphatic heterocycles. The number of rotatable bonds is 6. The monoisotopic (exact) mass is 419 g/mol. The summed E-state index contributed by atoms with van der Waals surface area (Å²) in [6.45, 7) is 1.46. The summed E-state index contributed by atoms with van der Waals surface area (Å²) in [6.07, 6.45) is -1.84. The Bertz CT molecular complexity index is 1040. The summed E-state index contributed by atoms with van der Waals surface area (Å²) in [7, 11) is 0. The Hall–Kier alpha value is -3.53. The molecule has 0 aliphatic carbocycles. The number of hydrogen-bond acceptors (Lipinski definition) is 6. The summed E-state index contributed by atoms with van der Waals surface area (Å²) >= 11 is 0.732. The minimum atomic E-state index is -0.977. The standard InChI is InChI=1S/C19H15F2N3O4S/c1-10(13-9-11(20)7-8-14(13)21)27-17-15(16(22)25)18(29-24-17)23-19(26)28-12-5-3-2-4-6-12/h2-10H,1H3,(H2,22,25)(H,23,26). The molecule has 0 aliphatic rings. The van der Waals surface area contributed by atoms with Gasteiger partial charge in [0.1, 0.15) is 34.1 Å². The number of aromatic nitrogens is 1. The number of halogens is 2. The van der Waals surface area contributed by atoms with Gasteiger partial charge in [0, 0.05) is 5.56 Å². The highest BCUT2D eigenvalue weighted by molar-refractivity contribution is 7.11. The fraction of sp³-hybridized carbons (Fsp3) is 0.105. The van der Waals surface area contributed by atoms with Crippen molar-refractivity contribution in [2.75, 3.05) is 5.32 Å². The number of primary amides is 1. The smallest absolute Gasteiger partial charge is 0.417 e. The lowest BCUT2D eigenvalue weighted by Gasteiger charge is -2.15. The van der Waals surface area contributed by atoms with Crippen LogP contribution in [0.1, 0.15) is 28.9 Å². The van der Waals surface area contributed by atoms with Gasteiger partial charge in [0.15, 0.2) is 0 Å². The molecule has 1 heterocycles. The van der Waals surface area contributed by atoms with E-state index in [1.807, 2.05) is 0 Å². The second kappa shape index (κ2) is 8.65. The zero-order valence-electron chi connectivity index (χ0n) is 15.0. The number of hydrogen-bond donors (Lipinski definition) is 2. The minimum absolute atomic E-state index is 0.000320. The highest BCUT2D eigenvalue weighted by Crippen LogP contribution is 2.33. The van der Waals surface area contributed by atoms with E-state index in [0.717, 1.165) is 29.7 Å². The van der Waals surface area contributed by atoms with Gasteiger partial charge in [-0.05, 0) is 48.8 Å². The van der Waals surface area contributed by atoms with E-state index in [0.29, 0.717) is 5.75 Å². The number of nitrogens with one attached hydrogen (secondary N) is 1. The maximum Gasteiger partial charge on any atom is 0.417 e. The molecule has 1 atom stereocenters. The SMILES string of the molecule is CC(Oc1nsc(NC(=O)Oc2ccccc2)c1C(N)=O)c1cc(F)ccc1F. The number of para-hydroxylation sites is 1. The third kappa shape index (κ3) is 4.85. The first-order chi connectivity index (χ1) is 13.8. The van der Waals surface area contributed by atoms with Gasteiger partial charge in [-0.2, -0.15) is 4.37 Å². The predicted octanol–water partition coefficient (Wildman–Crippen LogP) is 4.27. The van der Waals surface area contributed by atoms with E-state index < -0.39 is 29.7 Å². The van der Waals surface area contributed by atoms with Crippen molar-refractivity contribution in [1.29, 1.82) is 0 Å². The lowest BCUT2D eigenvalue weighted by Crippen LogP contribution is -2.20. The zero-order valence-corrected chi connectivity index (χ0v) is 15.8. The van der Waals surface area contributed by atoms with Gasteiger partial charge in [-0.1, -0.05) is 18.2 Å². The number of carbonyl (C=O) groups is 2. The molecule has 3 rings (SSSR count). The molecule has 150 valence electrons. The van der Waals surface area contributed by atoms with E-state index in [4.69, 9.17) is 15.2 Å². The summed E-state index contributed by atoms with van der Waals surface area (Å²) in [4.78, 5) is 23.9. The van der Waals surface area contributed by atoms with Gasteiger partial charge in [-0.15, -0.1) is 0 Å². The van der Waals surface area contributed by atoms with E-state index in [2.05, 4.69) is 9.69 Å². The van der Waals surface area contributed by atoms with Gasteiger partial charge in [-0.25, -0.2) is 13.6 Å². The molecule has 1 aromatic heterocycles. The fourth-order valence-corrected chi connectivity index (χ4v) is 3.15. The van der Waals surface area contributed by atoms with E-state index in [-0.39, 0.29) is 22.0 Å². The van der Waals surface area contributed by atoms with Crippen molar-refractivity contribution < 1.29 is 27.8 Å². The molecular formula is C19H15F2N3O4S. The maximum absolute atomic E-state index is 13.9. The van der Waals surface area contributed by atoms with E-state index in [1.54, 1.807) is 30.3 Å². The van der Waals surface area contributed by atoms with Crippen LogP contribution in [-0.2, 0) is 0 Å². The van der Waals surface area contributed by atoms with Crippen molar-refractivity contribution in [3.05, 3.63) is 71.3 Å². The van der Waals surface area contributed by atoms with Crippen LogP contribution in [0.5, 0.6) is 11.6 Å². The molecule has 0 saturated heterocycles. The van der Waals surface area contributed by atoms with Crippen LogP contribution in [0.15, 0.2) is 48.5 Å². The first kappa shape index (κ1) is 20.2. The van der Waals surface area contributed by atoms with Gasteiger partial charge >= 0.3 is 6.09 Å². The van der Waals surface area contributed by atoms with Crippen LogP contribution in [0.3, 0.4) is 0 Å². The summed E-state index contributed by atoms with van der Waals surface area (Å²) in [5, 5.41) is 2.37. The van der Waals surface area contributed by atoms with Crippen LogP contribution >= 0.6 is 11.5 Å². The van der Waals surface area contributed by atoms with Crippen molar-refractivity contribution in [2.24, 2.45) is 5.73 Å². The molecule has 29 heavy (non-hydrogen) atoms. The van der Waals surface area contributed by atoms with Crippen LogP contribution < -0.4 is 20.5 Å². The van der Waals surface area contributed by atoms with E-state index in [9.17, 15) is 18.4 Å². The number of nitrogens with two attached hydrogens (primary N) is 1. The second-order valence-corrected chi connectivity index (χ2v) is 6.58. The number of carbonyl (C=O) groups excluding carboxylic acids is 2. The molecule has 0 radical (unpaired) electrons. The molecule has 7 nitrogen and oxygen atoms in total. The Kier molecular flexibility index (Phi) is 6.03. The van der Waals surface area contributed by atoms with Gasteiger partial charge in [-0.3, -0.25) is 10.1 Å². The molecule has 0 saturated carbocycles. The van der Waals surface area contributed by atoms with Gasteiger partial charge < -0.3 is 15.2 Å². The Morgan fingerprint density at radius 3 is 2.59 bits per heavy atom. The van der Waals surface area contributed by atoms with Crippen LogP contribution in [0.2, 0.25) is 0 Å². The third-order valence-electron chi connectivity index (χ3n) is 3.76. The first-order valence-electron chi connectivity index (χ1n) is 8.30. The Balaban J connectivity index is 1.79. The largest absolute Gasteiger partial charge is 0.468 e. The Labute approximate surface area is 168 Å². The highest BCUT2D eigenvalue weighted by Gasteiger charge is 2.25. The molecule has 2 amide bonds. The van der Waals surface area contributed by atoms with Crippen molar-refractivity contribution in [3.8, 4) is 11.6 Å². The number of nitrogens with zero attached hydrogens (tertiary/aromatic N) is 1. The van der Waals surface area contributed by atoms with Crippen molar-refractivity contribution in [2.45, 2.75) is 13.0 Å².